The number of benzene rings is 2. The SMILES string of the molecule is C[C@H](c1ccccc1)N1C(=O)OC[C@]1(/C=C/c1ccccc1)CO. The Morgan fingerprint density at radius 3 is 2.42 bits per heavy atom. The smallest absolute Gasteiger partial charge is 0.411 e. The molecule has 2 aromatic carbocycles. The number of ether oxygens (including phenoxy) is 1. The van der Waals surface area contributed by atoms with Crippen LogP contribution in [0.2, 0.25) is 0 Å². The van der Waals surface area contributed by atoms with Crippen LogP contribution in [0, 0.1) is 0 Å². The summed E-state index contributed by atoms with van der Waals surface area (Å²) in [6, 6.07) is 19.4. The van der Waals surface area contributed by atoms with E-state index in [2.05, 4.69) is 0 Å². The Morgan fingerprint density at radius 2 is 1.79 bits per heavy atom. The van der Waals surface area contributed by atoms with Crippen LogP contribution in [0.25, 0.3) is 6.08 Å². The van der Waals surface area contributed by atoms with Crippen LogP contribution < -0.4 is 0 Å². The molecule has 0 unspecified atom stereocenters. The molecule has 1 N–H and O–H groups in total. The molecule has 0 bridgehead atoms. The predicted molar refractivity (Wildman–Crippen MR) is 93.3 cm³/mol. The molecule has 1 aliphatic heterocycles. The van der Waals surface area contributed by atoms with Crippen molar-refractivity contribution in [3.05, 3.63) is 77.9 Å². The van der Waals surface area contributed by atoms with Crippen molar-refractivity contribution in [3.8, 4) is 0 Å². The van der Waals surface area contributed by atoms with Crippen molar-refractivity contribution in [2.45, 2.75) is 18.5 Å². The molecule has 0 aromatic heterocycles. The number of carbonyl (C=O) groups excluding carboxylic acids is 1. The minimum absolute atomic E-state index is 0.142. The number of carbonyl (C=O) groups is 1. The standard InChI is InChI=1S/C20H21NO3/c1-16(18-10-6-3-7-11-18)21-19(23)24-15-20(21,14-22)13-12-17-8-4-2-5-9-17/h2-13,16,22H,14-15H2,1H3/b13-12+/t16-,20+/m1/s1. The maximum Gasteiger partial charge on any atom is 0.411 e. The first-order valence-electron chi connectivity index (χ1n) is 8.02. The maximum atomic E-state index is 12.3. The van der Waals surface area contributed by atoms with E-state index in [-0.39, 0.29) is 19.3 Å². The molecule has 1 amide bonds. The molecule has 0 spiro atoms. The van der Waals surface area contributed by atoms with Gasteiger partial charge in [0, 0.05) is 0 Å². The summed E-state index contributed by atoms with van der Waals surface area (Å²) in [5.74, 6) is 0. The molecule has 0 aliphatic carbocycles. The molecule has 4 heteroatoms. The molecule has 0 saturated carbocycles. The second kappa shape index (κ2) is 6.89. The summed E-state index contributed by atoms with van der Waals surface area (Å²) in [6.07, 6.45) is 3.38. The molecular formula is C20H21NO3. The molecule has 2 aromatic rings. The highest BCUT2D eigenvalue weighted by Gasteiger charge is 2.47. The molecule has 0 radical (unpaired) electrons. The number of hydrogen-bond acceptors (Lipinski definition) is 3. The summed E-state index contributed by atoms with van der Waals surface area (Å²) in [7, 11) is 0. The highest BCUT2D eigenvalue weighted by molar-refractivity contribution is 5.73. The minimum atomic E-state index is -0.859. The zero-order chi connectivity index (χ0) is 17.0. The van der Waals surface area contributed by atoms with E-state index in [0.29, 0.717) is 0 Å². The van der Waals surface area contributed by atoms with Crippen molar-refractivity contribution >= 4 is 12.2 Å². The van der Waals surface area contributed by atoms with Crippen molar-refractivity contribution in [1.82, 2.24) is 4.90 Å². The van der Waals surface area contributed by atoms with E-state index >= 15 is 0 Å². The molecular weight excluding hydrogens is 302 g/mol. The number of aliphatic hydroxyl groups is 1. The van der Waals surface area contributed by atoms with Crippen LogP contribution in [0.15, 0.2) is 66.7 Å². The number of rotatable bonds is 5. The first kappa shape index (κ1) is 16.3. The van der Waals surface area contributed by atoms with Gasteiger partial charge < -0.3 is 9.84 Å². The normalized spacial score (nSPS) is 21.9. The van der Waals surface area contributed by atoms with Crippen LogP contribution in [0.4, 0.5) is 4.79 Å². The number of aliphatic hydroxyl groups excluding tert-OH is 1. The molecule has 2 atom stereocenters. The highest BCUT2D eigenvalue weighted by Crippen LogP contribution is 2.35. The first-order chi connectivity index (χ1) is 11.7. The van der Waals surface area contributed by atoms with Gasteiger partial charge in [0.25, 0.3) is 0 Å². The van der Waals surface area contributed by atoms with Gasteiger partial charge in [-0.3, -0.25) is 4.90 Å². The van der Waals surface area contributed by atoms with Gasteiger partial charge in [-0.05, 0) is 18.1 Å². The zero-order valence-electron chi connectivity index (χ0n) is 13.6. The van der Waals surface area contributed by atoms with Crippen molar-refractivity contribution < 1.29 is 14.6 Å². The number of amides is 1. The summed E-state index contributed by atoms with van der Waals surface area (Å²) in [5.41, 5.74) is 1.15. The Hall–Kier alpha value is -2.59. The number of cyclic esters (lactones) is 1. The number of nitrogens with zero attached hydrogens (tertiary/aromatic N) is 1. The molecule has 4 nitrogen and oxygen atoms in total. The van der Waals surface area contributed by atoms with Crippen LogP contribution >= 0.6 is 0 Å². The van der Waals surface area contributed by atoms with Crippen molar-refractivity contribution in [2.24, 2.45) is 0 Å². The Balaban J connectivity index is 1.93. The molecule has 1 fully saturated rings. The maximum absolute atomic E-state index is 12.3. The minimum Gasteiger partial charge on any atom is -0.446 e. The van der Waals surface area contributed by atoms with Gasteiger partial charge in [0.05, 0.1) is 12.6 Å². The third-order valence-electron chi connectivity index (χ3n) is 4.45. The van der Waals surface area contributed by atoms with Gasteiger partial charge in [-0.25, -0.2) is 4.79 Å². The van der Waals surface area contributed by atoms with Gasteiger partial charge in [0.15, 0.2) is 0 Å². The van der Waals surface area contributed by atoms with Crippen LogP contribution in [0.5, 0.6) is 0 Å². The Labute approximate surface area is 142 Å². The molecule has 1 saturated heterocycles. The second-order valence-corrected chi connectivity index (χ2v) is 6.02. The molecule has 1 aliphatic rings. The average Bonchev–Trinajstić information content (AvgIpc) is 2.98. The Kier molecular flexibility index (Phi) is 4.67. The number of hydrogen-bond donors (Lipinski definition) is 1. The summed E-state index contributed by atoms with van der Waals surface area (Å²) in [6.45, 7) is 1.89. The van der Waals surface area contributed by atoms with Gasteiger partial charge in [0.1, 0.15) is 12.1 Å². The summed E-state index contributed by atoms with van der Waals surface area (Å²) < 4.78 is 5.28. The van der Waals surface area contributed by atoms with E-state index in [1.807, 2.05) is 79.7 Å². The van der Waals surface area contributed by atoms with E-state index in [1.54, 1.807) is 4.90 Å². The van der Waals surface area contributed by atoms with Gasteiger partial charge in [-0.15, -0.1) is 0 Å². The van der Waals surface area contributed by atoms with E-state index < -0.39 is 11.6 Å². The average molecular weight is 323 g/mol. The van der Waals surface area contributed by atoms with Gasteiger partial charge in [0.2, 0.25) is 0 Å². The quantitative estimate of drug-likeness (QED) is 0.914. The largest absolute Gasteiger partial charge is 0.446 e. The van der Waals surface area contributed by atoms with Crippen molar-refractivity contribution in [2.75, 3.05) is 13.2 Å². The van der Waals surface area contributed by atoms with Crippen LogP contribution in [-0.4, -0.2) is 34.9 Å². The lowest BCUT2D eigenvalue weighted by atomic mass is 9.95. The zero-order valence-corrected chi connectivity index (χ0v) is 13.6. The Bertz CT molecular complexity index is 714. The van der Waals surface area contributed by atoms with Gasteiger partial charge in [-0.2, -0.15) is 0 Å². The topological polar surface area (TPSA) is 49.8 Å². The molecule has 3 rings (SSSR count). The molecule has 1 heterocycles. The molecule has 24 heavy (non-hydrogen) atoms. The monoisotopic (exact) mass is 323 g/mol. The van der Waals surface area contributed by atoms with Gasteiger partial charge >= 0.3 is 6.09 Å². The third-order valence-corrected chi connectivity index (χ3v) is 4.45. The van der Waals surface area contributed by atoms with Gasteiger partial charge in [-0.1, -0.05) is 72.8 Å². The lowest BCUT2D eigenvalue weighted by Crippen LogP contribution is -2.49. The predicted octanol–water partition coefficient (Wildman–Crippen LogP) is 3.64. The fourth-order valence-electron chi connectivity index (χ4n) is 3.05. The third kappa shape index (κ3) is 3.05. The second-order valence-electron chi connectivity index (χ2n) is 6.02. The Morgan fingerprint density at radius 1 is 1.17 bits per heavy atom. The summed E-state index contributed by atoms with van der Waals surface area (Å²) >= 11 is 0. The van der Waals surface area contributed by atoms with E-state index in [0.717, 1.165) is 11.1 Å². The molecule has 124 valence electrons. The van der Waals surface area contributed by atoms with Crippen LogP contribution in [0.1, 0.15) is 24.1 Å². The summed E-state index contributed by atoms with van der Waals surface area (Å²) in [5, 5.41) is 10.1. The lowest BCUT2D eigenvalue weighted by molar-refractivity contribution is 0.0976. The fraction of sp³-hybridized carbons (Fsp3) is 0.250. The van der Waals surface area contributed by atoms with Crippen LogP contribution in [0.3, 0.4) is 0 Å². The fourth-order valence-corrected chi connectivity index (χ4v) is 3.05. The lowest BCUT2D eigenvalue weighted by Gasteiger charge is -2.36. The first-order valence-corrected chi connectivity index (χ1v) is 8.02. The van der Waals surface area contributed by atoms with Crippen LogP contribution in [-0.2, 0) is 4.74 Å². The van der Waals surface area contributed by atoms with E-state index in [1.165, 1.54) is 0 Å². The van der Waals surface area contributed by atoms with E-state index in [4.69, 9.17) is 4.74 Å². The summed E-state index contributed by atoms with van der Waals surface area (Å²) in [4.78, 5) is 14.0. The van der Waals surface area contributed by atoms with Crippen molar-refractivity contribution in [3.63, 3.8) is 0 Å². The van der Waals surface area contributed by atoms with E-state index in [9.17, 15) is 9.90 Å². The highest BCUT2D eigenvalue weighted by atomic mass is 16.6. The van der Waals surface area contributed by atoms with Crippen molar-refractivity contribution in [1.29, 1.82) is 0 Å².